The molecule has 0 fully saturated rings. The van der Waals surface area contributed by atoms with Gasteiger partial charge in [-0.05, 0) is 36.9 Å². The summed E-state index contributed by atoms with van der Waals surface area (Å²) in [5.41, 5.74) is 6.89. The average molecular weight is 225 g/mol. The van der Waals surface area contributed by atoms with Crippen LogP contribution in [0.3, 0.4) is 0 Å². The minimum absolute atomic E-state index is 0.511. The van der Waals surface area contributed by atoms with Crippen molar-refractivity contribution in [1.29, 1.82) is 0 Å². The zero-order valence-electron chi connectivity index (χ0n) is 9.36. The van der Waals surface area contributed by atoms with Crippen molar-refractivity contribution in [2.75, 3.05) is 24.3 Å². The quantitative estimate of drug-likeness (QED) is 0.771. The number of nitrogens with two attached hydrogens (primary N) is 1. The first-order valence-corrected chi connectivity index (χ1v) is 6.37. The van der Waals surface area contributed by atoms with Crippen LogP contribution in [0.15, 0.2) is 18.3 Å². The molecular weight excluding hydrogens is 206 g/mol. The highest BCUT2D eigenvalue weighted by atomic mass is 32.2. The van der Waals surface area contributed by atoms with Gasteiger partial charge in [0, 0.05) is 18.0 Å². The van der Waals surface area contributed by atoms with Crippen LogP contribution in [-0.2, 0) is 6.42 Å². The molecular formula is C11H19N3S. The topological polar surface area (TPSA) is 50.9 Å². The lowest BCUT2D eigenvalue weighted by atomic mass is 10.1. The number of hydrogen-bond donors (Lipinski definition) is 2. The lowest BCUT2D eigenvalue weighted by Crippen LogP contribution is -2.30. The second kappa shape index (κ2) is 6.69. The van der Waals surface area contributed by atoms with E-state index in [1.165, 1.54) is 5.56 Å². The third kappa shape index (κ3) is 4.53. The van der Waals surface area contributed by atoms with Gasteiger partial charge in [-0.15, -0.1) is 0 Å². The van der Waals surface area contributed by atoms with E-state index in [-0.39, 0.29) is 0 Å². The number of thioether (sulfide) groups is 1. The molecule has 0 aliphatic rings. The maximum atomic E-state index is 5.64. The molecule has 0 saturated carbocycles. The summed E-state index contributed by atoms with van der Waals surface area (Å²) in [6, 6.07) is 4.48. The van der Waals surface area contributed by atoms with Crippen LogP contribution in [0.2, 0.25) is 0 Å². The molecule has 0 spiro atoms. The molecule has 3 N–H and O–H groups in total. The first kappa shape index (κ1) is 12.3. The lowest BCUT2D eigenvalue weighted by Gasteiger charge is -2.15. The molecule has 84 valence electrons. The molecule has 1 heterocycles. The number of pyridine rings is 1. The molecule has 0 saturated heterocycles. The van der Waals surface area contributed by atoms with Gasteiger partial charge in [0.25, 0.3) is 0 Å². The SMILES string of the molecule is CCSCC(Cc1ccnc(N)c1)NC. The Morgan fingerprint density at radius 2 is 2.40 bits per heavy atom. The molecule has 0 aliphatic heterocycles. The van der Waals surface area contributed by atoms with E-state index in [4.69, 9.17) is 5.73 Å². The smallest absolute Gasteiger partial charge is 0.123 e. The number of hydrogen-bond acceptors (Lipinski definition) is 4. The van der Waals surface area contributed by atoms with Crippen LogP contribution in [0.5, 0.6) is 0 Å². The van der Waals surface area contributed by atoms with Crippen LogP contribution in [0.25, 0.3) is 0 Å². The summed E-state index contributed by atoms with van der Waals surface area (Å²) in [4.78, 5) is 3.99. The number of nitrogens with zero attached hydrogens (tertiary/aromatic N) is 1. The van der Waals surface area contributed by atoms with Gasteiger partial charge in [-0.1, -0.05) is 6.92 Å². The number of anilines is 1. The first-order valence-electron chi connectivity index (χ1n) is 5.21. The van der Waals surface area contributed by atoms with Crippen molar-refractivity contribution in [3.8, 4) is 0 Å². The zero-order chi connectivity index (χ0) is 11.1. The monoisotopic (exact) mass is 225 g/mol. The molecule has 1 aromatic rings. The summed E-state index contributed by atoms with van der Waals surface area (Å²) < 4.78 is 0. The first-order chi connectivity index (χ1) is 7.26. The summed E-state index contributed by atoms with van der Waals surface area (Å²) in [6.07, 6.45) is 2.78. The van der Waals surface area contributed by atoms with E-state index >= 15 is 0 Å². The normalized spacial score (nSPS) is 12.7. The van der Waals surface area contributed by atoms with Gasteiger partial charge in [-0.25, -0.2) is 4.98 Å². The Balaban J connectivity index is 2.50. The molecule has 1 rings (SSSR count). The van der Waals surface area contributed by atoms with Gasteiger partial charge in [0.1, 0.15) is 5.82 Å². The van der Waals surface area contributed by atoms with Crippen LogP contribution in [0, 0.1) is 0 Å². The Bertz CT molecular complexity index is 291. The van der Waals surface area contributed by atoms with Crippen molar-refractivity contribution >= 4 is 17.6 Å². The van der Waals surface area contributed by atoms with E-state index in [0.29, 0.717) is 11.9 Å². The Labute approximate surface area is 95.9 Å². The summed E-state index contributed by atoms with van der Waals surface area (Å²) in [5.74, 6) is 2.90. The number of nitrogens with one attached hydrogen (secondary N) is 1. The van der Waals surface area contributed by atoms with Gasteiger partial charge in [-0.3, -0.25) is 0 Å². The van der Waals surface area contributed by atoms with E-state index in [1.807, 2.05) is 30.9 Å². The second-order valence-corrected chi connectivity index (χ2v) is 4.76. The van der Waals surface area contributed by atoms with Gasteiger partial charge in [0.15, 0.2) is 0 Å². The third-order valence-corrected chi connectivity index (χ3v) is 3.31. The van der Waals surface area contributed by atoms with E-state index in [2.05, 4.69) is 17.2 Å². The van der Waals surface area contributed by atoms with Gasteiger partial charge in [0.2, 0.25) is 0 Å². The summed E-state index contributed by atoms with van der Waals surface area (Å²) in [5, 5.41) is 3.32. The molecule has 15 heavy (non-hydrogen) atoms. The van der Waals surface area contributed by atoms with Gasteiger partial charge in [-0.2, -0.15) is 11.8 Å². The van der Waals surface area contributed by atoms with Crippen LogP contribution >= 0.6 is 11.8 Å². The third-order valence-electron chi connectivity index (χ3n) is 2.26. The summed E-state index contributed by atoms with van der Waals surface area (Å²) in [7, 11) is 2.01. The Morgan fingerprint density at radius 1 is 1.60 bits per heavy atom. The van der Waals surface area contributed by atoms with Crippen molar-refractivity contribution < 1.29 is 0 Å². The molecule has 0 amide bonds. The fourth-order valence-electron chi connectivity index (χ4n) is 1.41. The van der Waals surface area contributed by atoms with Gasteiger partial charge >= 0.3 is 0 Å². The largest absolute Gasteiger partial charge is 0.384 e. The maximum Gasteiger partial charge on any atom is 0.123 e. The molecule has 4 heteroatoms. The number of nitrogen functional groups attached to an aromatic ring is 1. The van der Waals surface area contributed by atoms with Gasteiger partial charge < -0.3 is 11.1 Å². The fourth-order valence-corrected chi connectivity index (χ4v) is 2.22. The number of likely N-dealkylation sites (N-methyl/N-ethyl adjacent to an activating group) is 1. The molecule has 1 unspecified atom stereocenters. The predicted molar refractivity (Wildman–Crippen MR) is 68.2 cm³/mol. The highest BCUT2D eigenvalue weighted by Gasteiger charge is 2.06. The number of aromatic nitrogens is 1. The van der Waals surface area contributed by atoms with Crippen LogP contribution in [-0.4, -0.2) is 29.6 Å². The molecule has 1 aromatic heterocycles. The molecule has 3 nitrogen and oxygen atoms in total. The van der Waals surface area contributed by atoms with Crippen molar-refractivity contribution in [3.63, 3.8) is 0 Å². The Hall–Kier alpha value is -0.740. The number of rotatable bonds is 6. The molecule has 1 atom stereocenters. The van der Waals surface area contributed by atoms with Crippen molar-refractivity contribution in [3.05, 3.63) is 23.9 Å². The van der Waals surface area contributed by atoms with E-state index < -0.39 is 0 Å². The highest BCUT2D eigenvalue weighted by molar-refractivity contribution is 7.99. The maximum absolute atomic E-state index is 5.64. The van der Waals surface area contributed by atoms with Crippen LogP contribution < -0.4 is 11.1 Å². The van der Waals surface area contributed by atoms with Crippen molar-refractivity contribution in [2.45, 2.75) is 19.4 Å². The highest BCUT2D eigenvalue weighted by Crippen LogP contribution is 2.10. The molecule has 0 aliphatic carbocycles. The van der Waals surface area contributed by atoms with Crippen molar-refractivity contribution in [2.24, 2.45) is 0 Å². The molecule has 0 aromatic carbocycles. The molecule has 0 bridgehead atoms. The fraction of sp³-hybridized carbons (Fsp3) is 0.545. The van der Waals surface area contributed by atoms with Gasteiger partial charge in [0.05, 0.1) is 0 Å². The lowest BCUT2D eigenvalue weighted by molar-refractivity contribution is 0.617. The Morgan fingerprint density at radius 3 is 3.00 bits per heavy atom. The van der Waals surface area contributed by atoms with Crippen LogP contribution in [0.1, 0.15) is 12.5 Å². The summed E-state index contributed by atoms with van der Waals surface area (Å²) in [6.45, 7) is 2.18. The minimum atomic E-state index is 0.511. The van der Waals surface area contributed by atoms with E-state index in [9.17, 15) is 0 Å². The van der Waals surface area contributed by atoms with Crippen LogP contribution in [0.4, 0.5) is 5.82 Å². The second-order valence-electron chi connectivity index (χ2n) is 3.44. The predicted octanol–water partition coefficient (Wildman–Crippen LogP) is 1.55. The summed E-state index contributed by atoms with van der Waals surface area (Å²) >= 11 is 1.95. The minimum Gasteiger partial charge on any atom is -0.384 e. The standard InChI is InChI=1S/C11H19N3S/c1-3-15-8-10(13-2)6-9-4-5-14-11(12)7-9/h4-5,7,10,13H,3,6,8H2,1-2H3,(H2,12,14). The Kier molecular flexibility index (Phi) is 5.50. The van der Waals surface area contributed by atoms with Crippen molar-refractivity contribution in [1.82, 2.24) is 10.3 Å². The molecule has 0 radical (unpaired) electrons. The zero-order valence-corrected chi connectivity index (χ0v) is 10.2. The van der Waals surface area contributed by atoms with E-state index in [0.717, 1.165) is 17.9 Å². The average Bonchev–Trinajstić information content (AvgIpc) is 2.24. The van der Waals surface area contributed by atoms with E-state index in [1.54, 1.807) is 6.20 Å².